The number of nitrogens with zero attached hydrogens (tertiary/aromatic N) is 3. The van der Waals surface area contributed by atoms with Crippen LogP contribution in [0.4, 0.5) is 5.82 Å². The Hall–Kier alpha value is -0.870. The molecule has 4 nitrogen and oxygen atoms in total. The minimum Gasteiger partial charge on any atom is -0.374 e. The van der Waals surface area contributed by atoms with E-state index in [0.717, 1.165) is 25.5 Å². The summed E-state index contributed by atoms with van der Waals surface area (Å²) in [4.78, 5) is 2.19. The summed E-state index contributed by atoms with van der Waals surface area (Å²) in [6.07, 6.45) is 0.270. The number of hydrogen-bond donors (Lipinski definition) is 0. The molecule has 0 bridgehead atoms. The fourth-order valence-electron chi connectivity index (χ4n) is 1.76. The fraction of sp³-hybridized carbons (Fsp3) is 0.636. The van der Waals surface area contributed by atoms with Crippen LogP contribution in [0.2, 0.25) is 5.15 Å². The van der Waals surface area contributed by atoms with Gasteiger partial charge in [0.15, 0.2) is 11.0 Å². The lowest BCUT2D eigenvalue weighted by atomic mass is 10.1. The average molecular weight is 242 g/mol. The smallest absolute Gasteiger partial charge is 0.151 e. The summed E-state index contributed by atoms with van der Waals surface area (Å²) in [6.45, 7) is 6.81. The molecule has 1 aromatic heterocycles. The number of aromatic nitrogens is 2. The van der Waals surface area contributed by atoms with Crippen molar-refractivity contribution in [1.82, 2.24) is 10.2 Å². The zero-order valence-corrected chi connectivity index (χ0v) is 10.3. The molecule has 1 aliphatic heterocycles. The van der Waals surface area contributed by atoms with E-state index in [1.165, 1.54) is 0 Å². The Morgan fingerprint density at radius 1 is 1.44 bits per heavy atom. The van der Waals surface area contributed by atoms with E-state index in [9.17, 15) is 0 Å². The minimum atomic E-state index is 0.270. The molecule has 16 heavy (non-hydrogen) atoms. The van der Waals surface area contributed by atoms with E-state index < -0.39 is 0 Å². The van der Waals surface area contributed by atoms with Gasteiger partial charge in [0.25, 0.3) is 0 Å². The van der Waals surface area contributed by atoms with E-state index in [-0.39, 0.29) is 6.10 Å². The van der Waals surface area contributed by atoms with Crippen LogP contribution in [0.5, 0.6) is 0 Å². The van der Waals surface area contributed by atoms with Crippen molar-refractivity contribution in [3.63, 3.8) is 0 Å². The van der Waals surface area contributed by atoms with Gasteiger partial charge in [-0.2, -0.15) is 0 Å². The first-order valence-electron chi connectivity index (χ1n) is 5.52. The van der Waals surface area contributed by atoms with Crippen LogP contribution in [-0.2, 0) is 4.74 Å². The normalized spacial score (nSPS) is 21.5. The van der Waals surface area contributed by atoms with Crippen molar-refractivity contribution in [2.75, 3.05) is 24.6 Å². The average Bonchev–Trinajstić information content (AvgIpc) is 2.30. The highest BCUT2D eigenvalue weighted by atomic mass is 35.5. The molecule has 0 aromatic carbocycles. The van der Waals surface area contributed by atoms with E-state index in [0.29, 0.717) is 11.1 Å². The van der Waals surface area contributed by atoms with Gasteiger partial charge in [0.1, 0.15) is 0 Å². The van der Waals surface area contributed by atoms with Gasteiger partial charge >= 0.3 is 0 Å². The minimum absolute atomic E-state index is 0.270. The third-order valence-corrected chi connectivity index (χ3v) is 2.98. The highest BCUT2D eigenvalue weighted by Gasteiger charge is 2.23. The molecule has 1 aliphatic rings. The van der Waals surface area contributed by atoms with Gasteiger partial charge in [0.05, 0.1) is 12.7 Å². The monoisotopic (exact) mass is 241 g/mol. The van der Waals surface area contributed by atoms with Crippen molar-refractivity contribution >= 4 is 17.4 Å². The first-order valence-corrected chi connectivity index (χ1v) is 5.90. The van der Waals surface area contributed by atoms with Gasteiger partial charge in [-0.05, 0) is 18.1 Å². The third-order valence-electron chi connectivity index (χ3n) is 2.78. The molecule has 5 heteroatoms. The molecule has 0 aliphatic carbocycles. The summed E-state index contributed by atoms with van der Waals surface area (Å²) < 4.78 is 5.70. The van der Waals surface area contributed by atoms with E-state index >= 15 is 0 Å². The lowest BCUT2D eigenvalue weighted by molar-refractivity contribution is 0.0111. The second kappa shape index (κ2) is 4.97. The van der Waals surface area contributed by atoms with Crippen LogP contribution in [0.1, 0.15) is 13.8 Å². The Balaban J connectivity index is 2.06. The van der Waals surface area contributed by atoms with Gasteiger partial charge in [-0.25, -0.2) is 0 Å². The third kappa shape index (κ3) is 2.62. The van der Waals surface area contributed by atoms with E-state index in [2.05, 4.69) is 28.9 Å². The molecule has 88 valence electrons. The summed E-state index contributed by atoms with van der Waals surface area (Å²) in [5, 5.41) is 8.37. The van der Waals surface area contributed by atoms with Gasteiger partial charge in [-0.1, -0.05) is 25.4 Å². The maximum absolute atomic E-state index is 5.71. The Morgan fingerprint density at radius 3 is 2.88 bits per heavy atom. The molecular weight excluding hydrogens is 226 g/mol. The van der Waals surface area contributed by atoms with Crippen LogP contribution in [-0.4, -0.2) is 36.0 Å². The lowest BCUT2D eigenvalue weighted by Crippen LogP contribution is -2.45. The molecule has 1 fully saturated rings. The van der Waals surface area contributed by atoms with Crippen LogP contribution in [0.15, 0.2) is 12.1 Å². The summed E-state index contributed by atoms with van der Waals surface area (Å²) in [5.41, 5.74) is 0. The summed E-state index contributed by atoms with van der Waals surface area (Å²) in [5.74, 6) is 1.39. The first kappa shape index (κ1) is 11.6. The molecule has 0 amide bonds. The molecule has 2 rings (SSSR count). The molecule has 1 unspecified atom stereocenters. The highest BCUT2D eigenvalue weighted by Crippen LogP contribution is 2.18. The zero-order chi connectivity index (χ0) is 11.5. The Kier molecular flexibility index (Phi) is 3.61. The van der Waals surface area contributed by atoms with Crippen molar-refractivity contribution in [2.24, 2.45) is 5.92 Å². The molecule has 0 radical (unpaired) electrons. The Labute approximate surface area is 101 Å². The van der Waals surface area contributed by atoms with Crippen LogP contribution < -0.4 is 4.90 Å². The van der Waals surface area contributed by atoms with Crippen molar-refractivity contribution < 1.29 is 4.74 Å². The Bertz CT molecular complexity index is 342. The van der Waals surface area contributed by atoms with Crippen LogP contribution in [0.25, 0.3) is 0 Å². The van der Waals surface area contributed by atoms with Crippen LogP contribution >= 0.6 is 11.6 Å². The predicted octanol–water partition coefficient (Wildman–Crippen LogP) is 1.99. The van der Waals surface area contributed by atoms with Gasteiger partial charge in [0, 0.05) is 13.1 Å². The molecule has 1 saturated heterocycles. The van der Waals surface area contributed by atoms with E-state index in [1.807, 2.05) is 6.07 Å². The maximum Gasteiger partial charge on any atom is 0.151 e. The standard InChI is InChI=1S/C11H16ClN3O/c1-8(2)9-7-15(5-6-16-9)11-4-3-10(12)13-14-11/h3-4,8-9H,5-7H2,1-2H3. The molecule has 0 saturated carbocycles. The van der Waals surface area contributed by atoms with Gasteiger partial charge in [0.2, 0.25) is 0 Å². The van der Waals surface area contributed by atoms with Crippen molar-refractivity contribution in [1.29, 1.82) is 0 Å². The zero-order valence-electron chi connectivity index (χ0n) is 9.56. The molecule has 0 spiro atoms. The predicted molar refractivity (Wildman–Crippen MR) is 63.8 cm³/mol. The molecule has 1 aromatic rings. The van der Waals surface area contributed by atoms with Crippen molar-refractivity contribution in [2.45, 2.75) is 20.0 Å². The molecular formula is C11H16ClN3O. The van der Waals surface area contributed by atoms with Gasteiger partial charge in [-0.3, -0.25) is 0 Å². The Morgan fingerprint density at radius 2 is 2.25 bits per heavy atom. The molecule has 1 atom stereocenters. The van der Waals surface area contributed by atoms with Crippen molar-refractivity contribution in [3.05, 3.63) is 17.3 Å². The summed E-state index contributed by atoms with van der Waals surface area (Å²) in [6, 6.07) is 3.67. The quantitative estimate of drug-likeness (QED) is 0.794. The van der Waals surface area contributed by atoms with Gasteiger partial charge in [-0.15, -0.1) is 10.2 Å². The second-order valence-electron chi connectivity index (χ2n) is 4.31. The number of halogens is 1. The highest BCUT2D eigenvalue weighted by molar-refractivity contribution is 6.29. The molecule has 0 N–H and O–H groups in total. The number of morpholine rings is 1. The van der Waals surface area contributed by atoms with Gasteiger partial charge < -0.3 is 9.64 Å². The lowest BCUT2D eigenvalue weighted by Gasteiger charge is -2.35. The first-order chi connectivity index (χ1) is 7.66. The van der Waals surface area contributed by atoms with Crippen LogP contribution in [0, 0.1) is 5.92 Å². The van der Waals surface area contributed by atoms with E-state index in [1.54, 1.807) is 6.07 Å². The maximum atomic E-state index is 5.71. The van der Waals surface area contributed by atoms with Crippen molar-refractivity contribution in [3.8, 4) is 0 Å². The largest absolute Gasteiger partial charge is 0.374 e. The fourth-order valence-corrected chi connectivity index (χ4v) is 1.87. The van der Waals surface area contributed by atoms with E-state index in [4.69, 9.17) is 16.3 Å². The number of ether oxygens (including phenoxy) is 1. The number of rotatable bonds is 2. The second-order valence-corrected chi connectivity index (χ2v) is 4.70. The number of hydrogen-bond acceptors (Lipinski definition) is 4. The summed E-state index contributed by atoms with van der Waals surface area (Å²) in [7, 11) is 0. The SMILES string of the molecule is CC(C)C1CN(c2ccc(Cl)nn2)CCO1. The van der Waals surface area contributed by atoms with Crippen LogP contribution in [0.3, 0.4) is 0 Å². The molecule has 2 heterocycles. The number of anilines is 1. The topological polar surface area (TPSA) is 38.2 Å². The summed E-state index contributed by atoms with van der Waals surface area (Å²) >= 11 is 5.71.